The molecule has 23 heavy (non-hydrogen) atoms. The van der Waals surface area contributed by atoms with Gasteiger partial charge in [0.15, 0.2) is 11.5 Å². The number of hydrogen-bond acceptors (Lipinski definition) is 4. The summed E-state index contributed by atoms with van der Waals surface area (Å²) in [4.78, 5) is 0. The normalized spacial score (nSPS) is 12.0. The molecule has 3 N–H and O–H groups in total. The Bertz CT molecular complexity index is 655. The molecule has 4 heteroatoms. The number of ether oxygens (including phenoxy) is 2. The van der Waals surface area contributed by atoms with Crippen molar-refractivity contribution in [3.05, 3.63) is 53.1 Å². The minimum Gasteiger partial charge on any atom is -0.504 e. The highest BCUT2D eigenvalue weighted by Gasteiger charge is 2.17. The van der Waals surface area contributed by atoms with E-state index in [1.807, 2.05) is 31.2 Å². The molecule has 0 amide bonds. The minimum atomic E-state index is 0.142. The Hall–Kier alpha value is -2.20. The van der Waals surface area contributed by atoms with Crippen molar-refractivity contribution in [1.82, 2.24) is 0 Å². The molecular formula is C19H25NO3. The maximum absolute atomic E-state index is 9.82. The largest absolute Gasteiger partial charge is 0.504 e. The van der Waals surface area contributed by atoms with Gasteiger partial charge in [-0.05, 0) is 56.1 Å². The average Bonchev–Trinajstić information content (AvgIpc) is 2.55. The van der Waals surface area contributed by atoms with E-state index in [1.165, 1.54) is 5.56 Å². The molecule has 124 valence electrons. The SMILES string of the molecule is CCOc1cc(CC(CN)c2cc(C)ccc2OC)ccc1O. The van der Waals surface area contributed by atoms with Crippen molar-refractivity contribution < 1.29 is 14.6 Å². The van der Waals surface area contributed by atoms with Gasteiger partial charge in [0.25, 0.3) is 0 Å². The Morgan fingerprint density at radius 2 is 1.91 bits per heavy atom. The molecule has 2 aromatic carbocycles. The van der Waals surface area contributed by atoms with Crippen LogP contribution in [0.5, 0.6) is 17.2 Å². The van der Waals surface area contributed by atoms with Gasteiger partial charge >= 0.3 is 0 Å². The Morgan fingerprint density at radius 3 is 2.57 bits per heavy atom. The van der Waals surface area contributed by atoms with Gasteiger partial charge in [-0.2, -0.15) is 0 Å². The molecule has 0 spiro atoms. The van der Waals surface area contributed by atoms with E-state index in [9.17, 15) is 5.11 Å². The summed E-state index contributed by atoms with van der Waals surface area (Å²) in [6, 6.07) is 11.6. The number of benzene rings is 2. The van der Waals surface area contributed by atoms with E-state index in [0.717, 1.165) is 23.3 Å². The summed E-state index contributed by atoms with van der Waals surface area (Å²) in [6.45, 7) is 4.99. The van der Waals surface area contributed by atoms with Crippen LogP contribution in [0.1, 0.15) is 29.5 Å². The second kappa shape index (κ2) is 7.88. The third-order valence-electron chi connectivity index (χ3n) is 3.92. The van der Waals surface area contributed by atoms with Crippen LogP contribution in [0.4, 0.5) is 0 Å². The number of phenols is 1. The molecule has 0 saturated carbocycles. The fourth-order valence-corrected chi connectivity index (χ4v) is 2.73. The van der Waals surface area contributed by atoms with Gasteiger partial charge < -0.3 is 20.3 Å². The lowest BCUT2D eigenvalue weighted by Crippen LogP contribution is -2.16. The van der Waals surface area contributed by atoms with Crippen LogP contribution in [0.2, 0.25) is 0 Å². The zero-order valence-electron chi connectivity index (χ0n) is 14.0. The Kier molecular flexibility index (Phi) is 5.88. The van der Waals surface area contributed by atoms with E-state index in [0.29, 0.717) is 18.9 Å². The highest BCUT2D eigenvalue weighted by atomic mass is 16.5. The predicted octanol–water partition coefficient (Wildman–Crippen LogP) is 3.39. The molecule has 0 bridgehead atoms. The average molecular weight is 315 g/mol. The van der Waals surface area contributed by atoms with Crippen LogP contribution < -0.4 is 15.2 Å². The number of methoxy groups -OCH3 is 1. The van der Waals surface area contributed by atoms with Gasteiger partial charge in [-0.1, -0.05) is 23.8 Å². The van der Waals surface area contributed by atoms with Gasteiger partial charge in [0.2, 0.25) is 0 Å². The van der Waals surface area contributed by atoms with Gasteiger partial charge in [-0.25, -0.2) is 0 Å². The van der Waals surface area contributed by atoms with Gasteiger partial charge in [-0.3, -0.25) is 0 Å². The second-order valence-electron chi connectivity index (χ2n) is 5.62. The molecule has 0 heterocycles. The Labute approximate surface area is 137 Å². The molecule has 2 aromatic rings. The molecule has 1 atom stereocenters. The van der Waals surface area contributed by atoms with E-state index < -0.39 is 0 Å². The zero-order chi connectivity index (χ0) is 16.8. The van der Waals surface area contributed by atoms with Crippen molar-refractivity contribution in [2.75, 3.05) is 20.3 Å². The highest BCUT2D eigenvalue weighted by Crippen LogP contribution is 2.32. The van der Waals surface area contributed by atoms with Crippen LogP contribution in [0.25, 0.3) is 0 Å². The lowest BCUT2D eigenvalue weighted by molar-refractivity contribution is 0.317. The van der Waals surface area contributed by atoms with E-state index in [1.54, 1.807) is 13.2 Å². The summed E-state index contributed by atoms with van der Waals surface area (Å²) in [7, 11) is 1.68. The predicted molar refractivity (Wildman–Crippen MR) is 92.5 cm³/mol. The standard InChI is InChI=1S/C19H25NO3/c1-4-23-19-11-14(6-7-17(19)21)10-15(12-20)16-9-13(2)5-8-18(16)22-3/h5-9,11,15,21H,4,10,12,20H2,1-3H3. The Morgan fingerprint density at radius 1 is 1.13 bits per heavy atom. The summed E-state index contributed by atoms with van der Waals surface area (Å²) < 4.78 is 10.9. The second-order valence-corrected chi connectivity index (χ2v) is 5.62. The van der Waals surface area contributed by atoms with Crippen molar-refractivity contribution in [2.24, 2.45) is 5.73 Å². The first-order valence-corrected chi connectivity index (χ1v) is 7.88. The van der Waals surface area contributed by atoms with Crippen molar-refractivity contribution >= 4 is 0 Å². The van der Waals surface area contributed by atoms with E-state index in [-0.39, 0.29) is 11.7 Å². The fraction of sp³-hybridized carbons (Fsp3) is 0.368. The topological polar surface area (TPSA) is 64.7 Å². The maximum Gasteiger partial charge on any atom is 0.161 e. The molecule has 0 aliphatic heterocycles. The van der Waals surface area contributed by atoms with Crippen LogP contribution in [0, 0.1) is 6.92 Å². The summed E-state index contributed by atoms with van der Waals surface area (Å²) >= 11 is 0. The summed E-state index contributed by atoms with van der Waals surface area (Å²) in [5.41, 5.74) is 9.38. The van der Waals surface area contributed by atoms with Gasteiger partial charge in [0.1, 0.15) is 5.75 Å². The lowest BCUT2D eigenvalue weighted by atomic mass is 9.90. The van der Waals surface area contributed by atoms with Crippen LogP contribution in [-0.2, 0) is 6.42 Å². The first-order valence-electron chi connectivity index (χ1n) is 7.88. The number of phenolic OH excluding ortho intramolecular Hbond substituents is 1. The van der Waals surface area contributed by atoms with Crippen molar-refractivity contribution in [3.63, 3.8) is 0 Å². The molecule has 0 radical (unpaired) electrons. The molecular weight excluding hydrogens is 290 g/mol. The number of aromatic hydroxyl groups is 1. The monoisotopic (exact) mass is 315 g/mol. The molecule has 0 aromatic heterocycles. The van der Waals surface area contributed by atoms with Gasteiger partial charge in [0.05, 0.1) is 13.7 Å². The van der Waals surface area contributed by atoms with Crippen LogP contribution in [0.3, 0.4) is 0 Å². The molecule has 0 fully saturated rings. The molecule has 0 saturated heterocycles. The zero-order valence-corrected chi connectivity index (χ0v) is 14.0. The summed E-state index contributed by atoms with van der Waals surface area (Å²) in [5, 5.41) is 9.82. The smallest absolute Gasteiger partial charge is 0.161 e. The maximum atomic E-state index is 9.82. The van der Waals surface area contributed by atoms with Crippen molar-refractivity contribution in [2.45, 2.75) is 26.2 Å². The van der Waals surface area contributed by atoms with Gasteiger partial charge in [-0.15, -0.1) is 0 Å². The van der Waals surface area contributed by atoms with Crippen molar-refractivity contribution in [1.29, 1.82) is 0 Å². The van der Waals surface area contributed by atoms with E-state index in [4.69, 9.17) is 15.2 Å². The third kappa shape index (κ3) is 4.17. The van der Waals surface area contributed by atoms with E-state index in [2.05, 4.69) is 13.0 Å². The summed E-state index contributed by atoms with van der Waals surface area (Å²) in [6.07, 6.45) is 0.761. The first-order chi connectivity index (χ1) is 11.1. The van der Waals surface area contributed by atoms with E-state index >= 15 is 0 Å². The molecule has 0 aliphatic rings. The van der Waals surface area contributed by atoms with Crippen LogP contribution >= 0.6 is 0 Å². The van der Waals surface area contributed by atoms with Gasteiger partial charge in [0, 0.05) is 5.92 Å². The number of aryl methyl sites for hydroxylation is 1. The fourth-order valence-electron chi connectivity index (χ4n) is 2.73. The lowest BCUT2D eigenvalue weighted by Gasteiger charge is -2.19. The third-order valence-corrected chi connectivity index (χ3v) is 3.92. The summed E-state index contributed by atoms with van der Waals surface area (Å²) in [5.74, 6) is 1.67. The quantitative estimate of drug-likeness (QED) is 0.822. The molecule has 1 unspecified atom stereocenters. The molecule has 0 aliphatic carbocycles. The van der Waals surface area contributed by atoms with Crippen molar-refractivity contribution in [3.8, 4) is 17.2 Å². The number of nitrogens with two attached hydrogens (primary N) is 1. The van der Waals surface area contributed by atoms with Crippen LogP contribution in [-0.4, -0.2) is 25.4 Å². The number of hydrogen-bond donors (Lipinski definition) is 2. The number of rotatable bonds is 7. The highest BCUT2D eigenvalue weighted by molar-refractivity contribution is 5.44. The molecule has 4 nitrogen and oxygen atoms in total. The van der Waals surface area contributed by atoms with Crippen LogP contribution in [0.15, 0.2) is 36.4 Å². The first kappa shape index (κ1) is 17.2. The Balaban J connectivity index is 2.29. The minimum absolute atomic E-state index is 0.142. The molecule has 2 rings (SSSR count).